The molecule has 0 heterocycles. The lowest BCUT2D eigenvalue weighted by atomic mass is 9.96. The Hall–Kier alpha value is -0.860. The summed E-state index contributed by atoms with van der Waals surface area (Å²) in [6.45, 7) is 9.71. The molecule has 0 radical (unpaired) electrons. The van der Waals surface area contributed by atoms with Gasteiger partial charge in [-0.2, -0.15) is 0 Å². The quantitative estimate of drug-likeness (QED) is 0.773. The second-order valence-corrected chi connectivity index (χ2v) is 5.51. The lowest BCUT2D eigenvalue weighted by Crippen LogP contribution is -2.32. The number of aryl methyl sites for hydroxylation is 2. The molecule has 0 saturated heterocycles. The van der Waals surface area contributed by atoms with Crippen molar-refractivity contribution in [2.24, 2.45) is 0 Å². The van der Waals surface area contributed by atoms with Crippen LogP contribution in [0.25, 0.3) is 0 Å². The summed E-state index contributed by atoms with van der Waals surface area (Å²) in [4.78, 5) is 0. The van der Waals surface area contributed by atoms with Crippen LogP contribution in [-0.4, -0.2) is 25.8 Å². The van der Waals surface area contributed by atoms with E-state index in [1.54, 1.807) is 7.11 Å². The molecule has 0 aliphatic heterocycles. The van der Waals surface area contributed by atoms with Gasteiger partial charge in [-0.15, -0.1) is 0 Å². The summed E-state index contributed by atoms with van der Waals surface area (Å²) >= 11 is 0. The average Bonchev–Trinajstić information content (AvgIpc) is 2.40. The van der Waals surface area contributed by atoms with E-state index in [0.717, 1.165) is 25.8 Å². The van der Waals surface area contributed by atoms with Gasteiger partial charge >= 0.3 is 0 Å². The van der Waals surface area contributed by atoms with Crippen LogP contribution in [0.2, 0.25) is 0 Å². The van der Waals surface area contributed by atoms with Crippen molar-refractivity contribution in [1.82, 2.24) is 5.32 Å². The first kappa shape index (κ1) is 16.2. The van der Waals surface area contributed by atoms with Crippen molar-refractivity contribution in [2.75, 3.05) is 13.7 Å². The van der Waals surface area contributed by atoms with Gasteiger partial charge < -0.3 is 10.1 Å². The number of methoxy groups -OCH3 is 1. The number of benzene rings is 1. The highest BCUT2D eigenvalue weighted by Crippen LogP contribution is 2.15. The van der Waals surface area contributed by atoms with Gasteiger partial charge in [-0.05, 0) is 57.7 Å². The topological polar surface area (TPSA) is 21.3 Å². The van der Waals surface area contributed by atoms with Crippen molar-refractivity contribution >= 4 is 0 Å². The van der Waals surface area contributed by atoms with Crippen molar-refractivity contribution < 1.29 is 4.74 Å². The molecule has 108 valence electrons. The molecule has 2 unspecified atom stereocenters. The molecule has 1 aromatic rings. The van der Waals surface area contributed by atoms with Gasteiger partial charge in [0.2, 0.25) is 0 Å². The summed E-state index contributed by atoms with van der Waals surface area (Å²) in [6.07, 6.45) is 3.73. The highest BCUT2D eigenvalue weighted by Gasteiger charge is 2.12. The normalized spacial score (nSPS) is 14.4. The first-order valence-electron chi connectivity index (χ1n) is 7.39. The molecular weight excluding hydrogens is 234 g/mol. The van der Waals surface area contributed by atoms with Crippen LogP contribution in [0.15, 0.2) is 18.2 Å². The lowest BCUT2D eigenvalue weighted by molar-refractivity contribution is 0.106. The first-order valence-corrected chi connectivity index (χ1v) is 7.39. The van der Waals surface area contributed by atoms with Gasteiger partial charge in [0.15, 0.2) is 0 Å². The standard InChI is InChI=1S/C17H29NO/c1-6-18-17(10-9-15(4)19-5)12-16-11-13(2)7-8-14(16)3/h7-8,11,15,17-18H,6,9-10,12H2,1-5H3. The fourth-order valence-electron chi connectivity index (χ4n) is 2.40. The van der Waals surface area contributed by atoms with Crippen molar-refractivity contribution in [1.29, 1.82) is 0 Å². The maximum absolute atomic E-state index is 5.34. The second kappa shape index (κ2) is 8.34. The third kappa shape index (κ3) is 5.75. The minimum absolute atomic E-state index is 0.347. The smallest absolute Gasteiger partial charge is 0.0543 e. The molecule has 2 nitrogen and oxygen atoms in total. The molecule has 0 aromatic heterocycles. The van der Waals surface area contributed by atoms with Gasteiger partial charge in [-0.3, -0.25) is 0 Å². The molecule has 2 atom stereocenters. The van der Waals surface area contributed by atoms with Gasteiger partial charge in [-0.25, -0.2) is 0 Å². The predicted molar refractivity (Wildman–Crippen MR) is 82.8 cm³/mol. The highest BCUT2D eigenvalue weighted by atomic mass is 16.5. The minimum Gasteiger partial charge on any atom is -0.382 e. The van der Waals surface area contributed by atoms with Crippen molar-refractivity contribution in [3.05, 3.63) is 34.9 Å². The van der Waals surface area contributed by atoms with Gasteiger partial charge in [0.25, 0.3) is 0 Å². The molecule has 1 rings (SSSR count). The number of likely N-dealkylation sites (N-methyl/N-ethyl adjacent to an activating group) is 1. The molecule has 2 heteroatoms. The van der Waals surface area contributed by atoms with Gasteiger partial charge in [0.05, 0.1) is 6.10 Å². The van der Waals surface area contributed by atoms with Gasteiger partial charge in [0, 0.05) is 13.2 Å². The zero-order valence-electron chi connectivity index (χ0n) is 13.1. The lowest BCUT2D eigenvalue weighted by Gasteiger charge is -2.21. The fourth-order valence-corrected chi connectivity index (χ4v) is 2.40. The third-order valence-corrected chi connectivity index (χ3v) is 3.79. The van der Waals surface area contributed by atoms with Crippen LogP contribution in [0.1, 0.15) is 43.4 Å². The van der Waals surface area contributed by atoms with Gasteiger partial charge in [0.1, 0.15) is 0 Å². The van der Waals surface area contributed by atoms with E-state index in [0.29, 0.717) is 12.1 Å². The fraction of sp³-hybridized carbons (Fsp3) is 0.647. The summed E-state index contributed by atoms with van der Waals surface area (Å²) in [5.41, 5.74) is 4.21. The number of nitrogens with one attached hydrogen (secondary N) is 1. The Bertz CT molecular complexity index is 376. The molecule has 1 aromatic carbocycles. The molecule has 0 bridgehead atoms. The van der Waals surface area contributed by atoms with Crippen LogP contribution in [0.4, 0.5) is 0 Å². The van der Waals surface area contributed by atoms with E-state index in [2.05, 4.69) is 51.2 Å². The Morgan fingerprint density at radius 2 is 1.95 bits per heavy atom. The second-order valence-electron chi connectivity index (χ2n) is 5.51. The number of rotatable bonds is 8. The molecule has 0 aliphatic carbocycles. The van der Waals surface area contributed by atoms with E-state index < -0.39 is 0 Å². The molecular formula is C17H29NO. The van der Waals surface area contributed by atoms with Crippen LogP contribution in [-0.2, 0) is 11.2 Å². The number of hydrogen-bond acceptors (Lipinski definition) is 2. The van der Waals surface area contributed by atoms with Crippen LogP contribution in [0, 0.1) is 13.8 Å². The van der Waals surface area contributed by atoms with E-state index in [1.807, 2.05) is 0 Å². The average molecular weight is 263 g/mol. The molecule has 0 spiro atoms. The van der Waals surface area contributed by atoms with Crippen LogP contribution in [0.3, 0.4) is 0 Å². The minimum atomic E-state index is 0.347. The third-order valence-electron chi connectivity index (χ3n) is 3.79. The maximum Gasteiger partial charge on any atom is 0.0543 e. The first-order chi connectivity index (χ1) is 9.06. The van der Waals surface area contributed by atoms with E-state index in [4.69, 9.17) is 4.74 Å². The maximum atomic E-state index is 5.34. The van der Waals surface area contributed by atoms with E-state index in [9.17, 15) is 0 Å². The summed E-state index contributed by atoms with van der Waals surface area (Å²) in [7, 11) is 1.79. The van der Waals surface area contributed by atoms with Crippen LogP contribution in [0.5, 0.6) is 0 Å². The van der Waals surface area contributed by atoms with E-state index >= 15 is 0 Å². The van der Waals surface area contributed by atoms with Crippen LogP contribution >= 0.6 is 0 Å². The summed E-state index contributed by atoms with van der Waals surface area (Å²) in [5.74, 6) is 0. The zero-order chi connectivity index (χ0) is 14.3. The highest BCUT2D eigenvalue weighted by molar-refractivity contribution is 5.31. The van der Waals surface area contributed by atoms with Crippen molar-refractivity contribution in [3.8, 4) is 0 Å². The molecule has 0 fully saturated rings. The monoisotopic (exact) mass is 263 g/mol. The van der Waals surface area contributed by atoms with Crippen molar-refractivity contribution in [2.45, 2.75) is 59.1 Å². The number of ether oxygens (including phenoxy) is 1. The van der Waals surface area contributed by atoms with Crippen molar-refractivity contribution in [3.63, 3.8) is 0 Å². The summed E-state index contributed by atoms with van der Waals surface area (Å²) in [5, 5.41) is 3.60. The molecule has 0 saturated carbocycles. The largest absolute Gasteiger partial charge is 0.382 e. The molecule has 0 aliphatic rings. The molecule has 19 heavy (non-hydrogen) atoms. The zero-order valence-corrected chi connectivity index (χ0v) is 13.1. The molecule has 0 amide bonds. The van der Waals surface area contributed by atoms with Crippen LogP contribution < -0.4 is 5.32 Å². The van der Waals surface area contributed by atoms with E-state index in [-0.39, 0.29) is 0 Å². The number of hydrogen-bond donors (Lipinski definition) is 1. The SMILES string of the molecule is CCNC(CCC(C)OC)Cc1cc(C)ccc1C. The Balaban J connectivity index is 2.63. The molecule has 1 N–H and O–H groups in total. The predicted octanol–water partition coefficient (Wildman–Crippen LogP) is 3.64. The Morgan fingerprint density at radius 3 is 2.58 bits per heavy atom. The van der Waals surface area contributed by atoms with Gasteiger partial charge in [-0.1, -0.05) is 30.7 Å². The summed E-state index contributed by atoms with van der Waals surface area (Å²) < 4.78 is 5.34. The Morgan fingerprint density at radius 1 is 1.21 bits per heavy atom. The summed E-state index contributed by atoms with van der Waals surface area (Å²) in [6, 6.07) is 7.28. The Kier molecular flexibility index (Phi) is 7.11. The van der Waals surface area contributed by atoms with E-state index in [1.165, 1.54) is 16.7 Å². The Labute approximate surface area is 118 Å².